The molecule has 0 spiro atoms. The number of rotatable bonds is 2. The van der Waals surface area contributed by atoms with Crippen LogP contribution in [0, 0.1) is 0 Å². The van der Waals surface area contributed by atoms with Gasteiger partial charge in [-0.25, -0.2) is 4.68 Å². The van der Waals surface area contributed by atoms with E-state index >= 15 is 0 Å². The number of ether oxygens (including phenoxy) is 1. The number of benzene rings is 1. The lowest BCUT2D eigenvalue weighted by atomic mass is 10.2. The second-order valence-corrected chi connectivity index (χ2v) is 4.83. The molecule has 22 heavy (non-hydrogen) atoms. The second kappa shape index (κ2) is 5.36. The second-order valence-electron chi connectivity index (χ2n) is 4.83. The van der Waals surface area contributed by atoms with Gasteiger partial charge in [0.25, 0.3) is 5.91 Å². The van der Waals surface area contributed by atoms with Gasteiger partial charge in [0.2, 0.25) is 5.88 Å². The Bertz CT molecular complexity index is 686. The Kier molecular flexibility index (Phi) is 3.51. The quantitative estimate of drug-likeness (QED) is 0.928. The summed E-state index contributed by atoms with van der Waals surface area (Å²) in [7, 11) is 0. The molecule has 0 radical (unpaired) electrons. The van der Waals surface area contributed by atoms with E-state index in [1.54, 1.807) is 4.68 Å². The van der Waals surface area contributed by atoms with Crippen LogP contribution in [0.15, 0.2) is 30.3 Å². The molecule has 1 amide bonds. The number of amides is 1. The standard InChI is InChI=1S/C14H12F3N3O2/c15-14(16,17)9-3-1-4-10(7-9)18-13(21)11-8-12-20(19-11)5-2-6-22-12/h1,3-4,7-8H,2,5-6H2,(H,18,21). The lowest BCUT2D eigenvalue weighted by Gasteiger charge is -2.13. The molecular weight excluding hydrogens is 299 g/mol. The smallest absolute Gasteiger partial charge is 0.416 e. The maximum atomic E-state index is 12.6. The molecule has 1 aliphatic heterocycles. The Morgan fingerprint density at radius 1 is 1.32 bits per heavy atom. The van der Waals surface area contributed by atoms with Gasteiger partial charge in [-0.15, -0.1) is 0 Å². The van der Waals surface area contributed by atoms with Crippen LogP contribution in [0.4, 0.5) is 18.9 Å². The molecule has 116 valence electrons. The highest BCUT2D eigenvalue weighted by molar-refractivity contribution is 6.03. The van der Waals surface area contributed by atoms with Crippen molar-refractivity contribution in [2.24, 2.45) is 0 Å². The van der Waals surface area contributed by atoms with E-state index in [0.29, 0.717) is 19.0 Å². The molecule has 0 saturated carbocycles. The monoisotopic (exact) mass is 311 g/mol. The van der Waals surface area contributed by atoms with Crippen LogP contribution in [0.5, 0.6) is 5.88 Å². The average Bonchev–Trinajstić information content (AvgIpc) is 2.90. The largest absolute Gasteiger partial charge is 0.478 e. The molecule has 1 aliphatic rings. The highest BCUT2D eigenvalue weighted by Gasteiger charge is 2.30. The molecule has 0 atom stereocenters. The van der Waals surface area contributed by atoms with Crippen molar-refractivity contribution in [1.29, 1.82) is 0 Å². The summed E-state index contributed by atoms with van der Waals surface area (Å²) in [5.41, 5.74) is -0.654. The van der Waals surface area contributed by atoms with Crippen molar-refractivity contribution in [3.8, 4) is 5.88 Å². The van der Waals surface area contributed by atoms with Gasteiger partial charge in [0.15, 0.2) is 5.69 Å². The van der Waals surface area contributed by atoms with E-state index in [2.05, 4.69) is 10.4 Å². The molecule has 5 nitrogen and oxygen atoms in total. The van der Waals surface area contributed by atoms with E-state index in [-0.39, 0.29) is 11.4 Å². The number of anilines is 1. The Morgan fingerprint density at radius 2 is 2.14 bits per heavy atom. The Balaban J connectivity index is 1.78. The lowest BCUT2D eigenvalue weighted by molar-refractivity contribution is -0.137. The number of carbonyl (C=O) groups is 1. The first-order valence-electron chi connectivity index (χ1n) is 6.63. The van der Waals surface area contributed by atoms with E-state index in [1.165, 1.54) is 18.2 Å². The lowest BCUT2D eigenvalue weighted by Crippen LogP contribution is -2.16. The fraction of sp³-hybridized carbons (Fsp3) is 0.286. The Morgan fingerprint density at radius 3 is 2.86 bits per heavy atom. The van der Waals surface area contributed by atoms with Crippen molar-refractivity contribution in [3.05, 3.63) is 41.6 Å². The minimum absolute atomic E-state index is 0.0618. The molecule has 3 rings (SSSR count). The maximum Gasteiger partial charge on any atom is 0.416 e. The molecule has 1 aromatic heterocycles. The van der Waals surface area contributed by atoms with E-state index in [0.717, 1.165) is 18.6 Å². The molecule has 0 unspecified atom stereocenters. The number of nitrogens with one attached hydrogen (secondary N) is 1. The van der Waals surface area contributed by atoms with E-state index in [9.17, 15) is 18.0 Å². The molecule has 1 aromatic carbocycles. The van der Waals surface area contributed by atoms with Crippen molar-refractivity contribution >= 4 is 11.6 Å². The highest BCUT2D eigenvalue weighted by Crippen LogP contribution is 2.30. The van der Waals surface area contributed by atoms with Gasteiger partial charge in [-0.3, -0.25) is 4.79 Å². The Labute approximate surface area is 123 Å². The molecule has 0 fully saturated rings. The van der Waals surface area contributed by atoms with Crippen LogP contribution in [0.1, 0.15) is 22.5 Å². The zero-order chi connectivity index (χ0) is 15.7. The van der Waals surface area contributed by atoms with Crippen molar-refractivity contribution in [2.45, 2.75) is 19.1 Å². The number of aryl methyl sites for hydroxylation is 1. The third kappa shape index (κ3) is 2.90. The summed E-state index contributed by atoms with van der Waals surface area (Å²) in [6, 6.07) is 5.92. The van der Waals surface area contributed by atoms with Crippen LogP contribution in [0.2, 0.25) is 0 Å². The summed E-state index contributed by atoms with van der Waals surface area (Å²) in [6.07, 6.45) is -3.66. The number of alkyl halides is 3. The Hall–Kier alpha value is -2.51. The molecule has 2 aromatic rings. The van der Waals surface area contributed by atoms with Gasteiger partial charge in [0.05, 0.1) is 12.2 Å². The summed E-state index contributed by atoms with van der Waals surface area (Å²) in [6.45, 7) is 1.20. The summed E-state index contributed by atoms with van der Waals surface area (Å²) >= 11 is 0. The van der Waals surface area contributed by atoms with Gasteiger partial charge < -0.3 is 10.1 Å². The molecule has 1 N–H and O–H groups in total. The van der Waals surface area contributed by atoms with Gasteiger partial charge in [0.1, 0.15) is 0 Å². The van der Waals surface area contributed by atoms with E-state index < -0.39 is 17.6 Å². The van der Waals surface area contributed by atoms with E-state index in [4.69, 9.17) is 4.74 Å². The normalized spacial score (nSPS) is 14.1. The number of carbonyl (C=O) groups excluding carboxylic acids is 1. The fourth-order valence-corrected chi connectivity index (χ4v) is 2.15. The molecule has 0 saturated heterocycles. The fourth-order valence-electron chi connectivity index (χ4n) is 2.15. The van der Waals surface area contributed by atoms with Crippen LogP contribution in [-0.2, 0) is 12.7 Å². The minimum Gasteiger partial charge on any atom is -0.478 e. The maximum absolute atomic E-state index is 12.6. The zero-order valence-corrected chi connectivity index (χ0v) is 11.4. The third-order valence-electron chi connectivity index (χ3n) is 3.19. The zero-order valence-electron chi connectivity index (χ0n) is 11.4. The summed E-state index contributed by atoms with van der Waals surface area (Å²) in [4.78, 5) is 12.1. The molecule has 0 aliphatic carbocycles. The minimum atomic E-state index is -4.46. The van der Waals surface area contributed by atoms with Gasteiger partial charge in [-0.05, 0) is 18.2 Å². The number of hydrogen-bond donors (Lipinski definition) is 1. The van der Waals surface area contributed by atoms with Gasteiger partial charge in [-0.2, -0.15) is 18.3 Å². The predicted molar refractivity (Wildman–Crippen MR) is 71.7 cm³/mol. The predicted octanol–water partition coefficient (Wildman–Crippen LogP) is 2.94. The SMILES string of the molecule is O=C(Nc1cccc(C(F)(F)F)c1)c1cc2n(n1)CCCO2. The number of fused-ring (bicyclic) bond motifs is 1. The van der Waals surface area contributed by atoms with Crippen LogP contribution >= 0.6 is 0 Å². The van der Waals surface area contributed by atoms with Crippen molar-refractivity contribution in [1.82, 2.24) is 9.78 Å². The molecule has 2 heterocycles. The summed E-state index contributed by atoms with van der Waals surface area (Å²) < 4.78 is 44.8. The van der Waals surface area contributed by atoms with Crippen LogP contribution in [-0.4, -0.2) is 22.3 Å². The number of nitrogens with zero attached hydrogens (tertiary/aromatic N) is 2. The van der Waals surface area contributed by atoms with Gasteiger partial charge in [-0.1, -0.05) is 6.07 Å². The van der Waals surface area contributed by atoms with Gasteiger partial charge >= 0.3 is 6.18 Å². The highest BCUT2D eigenvalue weighted by atomic mass is 19.4. The average molecular weight is 311 g/mol. The van der Waals surface area contributed by atoms with Gasteiger partial charge in [0, 0.05) is 24.7 Å². The van der Waals surface area contributed by atoms with Crippen molar-refractivity contribution in [2.75, 3.05) is 11.9 Å². The number of halogens is 3. The first-order chi connectivity index (χ1) is 10.4. The van der Waals surface area contributed by atoms with Crippen molar-refractivity contribution < 1.29 is 22.7 Å². The van der Waals surface area contributed by atoms with Crippen LogP contribution in [0.3, 0.4) is 0 Å². The van der Waals surface area contributed by atoms with Crippen molar-refractivity contribution in [3.63, 3.8) is 0 Å². The first-order valence-corrected chi connectivity index (χ1v) is 6.63. The summed E-state index contributed by atoms with van der Waals surface area (Å²) in [5, 5.41) is 6.48. The summed E-state index contributed by atoms with van der Waals surface area (Å²) in [5.74, 6) is -0.0923. The van der Waals surface area contributed by atoms with Crippen LogP contribution < -0.4 is 10.1 Å². The van der Waals surface area contributed by atoms with Crippen LogP contribution in [0.25, 0.3) is 0 Å². The number of hydrogen-bond acceptors (Lipinski definition) is 3. The molecule has 0 bridgehead atoms. The molecular formula is C14H12F3N3O2. The first kappa shape index (κ1) is 14.4. The topological polar surface area (TPSA) is 56.2 Å². The third-order valence-corrected chi connectivity index (χ3v) is 3.19. The molecule has 8 heteroatoms. The number of aromatic nitrogens is 2. The van der Waals surface area contributed by atoms with E-state index in [1.807, 2.05) is 0 Å².